The maximum Gasteiger partial charge on any atom is 0.341 e. The summed E-state index contributed by atoms with van der Waals surface area (Å²) in [5, 5.41) is 36.7. The van der Waals surface area contributed by atoms with Crippen LogP contribution in [0.15, 0.2) is 58.4 Å². The number of benzene rings is 2. The largest absolute Gasteiger partial charge is 0.493 e. The van der Waals surface area contributed by atoms with Crippen molar-refractivity contribution in [1.82, 2.24) is 9.13 Å². The Labute approximate surface area is 361 Å². The van der Waals surface area contributed by atoms with E-state index in [4.69, 9.17) is 38.6 Å². The monoisotopic (exact) mass is 864 g/mol. The van der Waals surface area contributed by atoms with Gasteiger partial charge in [0.25, 0.3) is 0 Å². The molecule has 0 radical (unpaired) electrons. The first kappa shape index (κ1) is 49.0. The molecule has 2 aliphatic rings. The standard InChI is InChI=1S/C23H29NO7.C19H21NO6.C4H10O/c1-23(2,13-25)21-9-14-8-20(31-7-5-6-29-3)19(30-4)10-15(14)17-11-18(26)16(22(27)28)12-24(17)21;1-24-6-3-7-26-18-8-12-4-5-20-11-14(19(22)23)16(21)10-15(20)13(12)9-17(18)25-2;1-4(2)3-5/h8,10-12,21,25H,5-7,9,13H2,1-4H3,(H,27,28);8-11H,3-7H2,1-2H3,(H,22,23);4-5H,3H2,1-2H3. The summed E-state index contributed by atoms with van der Waals surface area (Å²) < 4.78 is 36.3. The number of aliphatic hydroxyl groups excluding tert-OH is 2. The zero-order chi connectivity index (χ0) is 45.7. The number of fused-ring (bicyclic) bond motifs is 6. The number of aryl methyl sites for hydroxylation is 2. The summed E-state index contributed by atoms with van der Waals surface area (Å²) in [7, 11) is 6.39. The van der Waals surface area contributed by atoms with Gasteiger partial charge < -0.3 is 58.0 Å². The number of nitrogens with zero attached hydrogens (tertiary/aromatic N) is 2. The number of carboxylic acids is 2. The quantitative estimate of drug-likeness (QED) is 0.0955. The van der Waals surface area contributed by atoms with E-state index in [1.807, 2.05) is 52.0 Å². The van der Waals surface area contributed by atoms with Gasteiger partial charge in [0.2, 0.25) is 0 Å². The minimum Gasteiger partial charge on any atom is -0.493 e. The van der Waals surface area contributed by atoms with Crippen molar-refractivity contribution in [1.29, 1.82) is 0 Å². The first-order chi connectivity index (χ1) is 29.5. The Balaban J connectivity index is 0.000000249. The lowest BCUT2D eigenvalue weighted by Gasteiger charge is -2.40. The van der Waals surface area contributed by atoms with Crippen molar-refractivity contribution in [3.8, 4) is 45.5 Å². The van der Waals surface area contributed by atoms with Crippen LogP contribution in [0.5, 0.6) is 23.0 Å². The average Bonchev–Trinajstić information content (AvgIpc) is 3.25. The number of methoxy groups -OCH3 is 4. The molecule has 62 heavy (non-hydrogen) atoms. The van der Waals surface area contributed by atoms with Crippen molar-refractivity contribution in [2.75, 3.05) is 68.1 Å². The highest BCUT2D eigenvalue weighted by Crippen LogP contribution is 2.46. The molecule has 0 amide bonds. The number of pyridine rings is 2. The lowest BCUT2D eigenvalue weighted by atomic mass is 9.78. The summed E-state index contributed by atoms with van der Waals surface area (Å²) in [5.74, 6) is 0.297. The summed E-state index contributed by atoms with van der Waals surface area (Å²) in [4.78, 5) is 47.3. The van der Waals surface area contributed by atoms with E-state index in [0.717, 1.165) is 35.1 Å². The second kappa shape index (κ2) is 22.4. The van der Waals surface area contributed by atoms with Crippen molar-refractivity contribution < 1.29 is 58.4 Å². The number of aliphatic hydroxyl groups is 2. The highest BCUT2D eigenvalue weighted by Gasteiger charge is 2.37. The summed E-state index contributed by atoms with van der Waals surface area (Å²) in [5.41, 5.74) is 2.74. The molecule has 16 nitrogen and oxygen atoms in total. The maximum atomic E-state index is 12.5. The Hall–Kier alpha value is -5.68. The molecule has 0 aliphatic carbocycles. The van der Waals surface area contributed by atoms with Gasteiger partial charge in [-0.15, -0.1) is 0 Å². The fraction of sp³-hybridized carbons (Fsp3) is 0.478. The van der Waals surface area contributed by atoms with Gasteiger partial charge in [-0.1, -0.05) is 27.7 Å². The predicted molar refractivity (Wildman–Crippen MR) is 233 cm³/mol. The molecule has 4 aromatic rings. The van der Waals surface area contributed by atoms with Crippen molar-refractivity contribution >= 4 is 11.9 Å². The highest BCUT2D eigenvalue weighted by atomic mass is 16.5. The number of hydrogen-bond donors (Lipinski definition) is 4. The van der Waals surface area contributed by atoms with E-state index in [1.54, 1.807) is 37.6 Å². The predicted octanol–water partition coefficient (Wildman–Crippen LogP) is 5.58. The minimum atomic E-state index is -1.27. The molecule has 0 saturated heterocycles. The average molecular weight is 865 g/mol. The first-order valence-corrected chi connectivity index (χ1v) is 20.4. The molecular formula is C46H60N2O14. The van der Waals surface area contributed by atoms with Crippen molar-refractivity contribution in [3.63, 3.8) is 0 Å². The van der Waals surface area contributed by atoms with Crippen LogP contribution in [0.3, 0.4) is 0 Å². The molecule has 2 aromatic heterocycles. The van der Waals surface area contributed by atoms with Crippen LogP contribution in [0.1, 0.15) is 78.4 Å². The molecule has 0 saturated carbocycles. The molecule has 2 aliphatic heterocycles. The van der Waals surface area contributed by atoms with Crippen LogP contribution >= 0.6 is 0 Å². The van der Waals surface area contributed by atoms with Gasteiger partial charge >= 0.3 is 11.9 Å². The fourth-order valence-corrected chi connectivity index (χ4v) is 7.01. The molecule has 16 heteroatoms. The molecule has 2 aromatic carbocycles. The Morgan fingerprint density at radius 2 is 1.19 bits per heavy atom. The Morgan fingerprint density at radius 3 is 1.66 bits per heavy atom. The zero-order valence-electron chi connectivity index (χ0n) is 36.8. The second-order valence-electron chi connectivity index (χ2n) is 16.0. The van der Waals surface area contributed by atoms with Gasteiger partial charge in [-0.2, -0.15) is 0 Å². The molecule has 0 fully saturated rings. The maximum absolute atomic E-state index is 12.5. The van der Waals surface area contributed by atoms with Gasteiger partial charge in [-0.3, -0.25) is 9.59 Å². The number of rotatable bonds is 17. The number of carbonyl (C=O) groups is 2. The van der Waals surface area contributed by atoms with E-state index in [1.165, 1.54) is 24.5 Å². The van der Waals surface area contributed by atoms with Crippen LogP contribution in [0.2, 0.25) is 0 Å². The first-order valence-electron chi connectivity index (χ1n) is 20.4. The van der Waals surface area contributed by atoms with E-state index >= 15 is 0 Å². The number of aromatic nitrogens is 2. The normalized spacial score (nSPS) is 13.5. The molecule has 4 N–H and O–H groups in total. The SMILES string of the molecule is CC(C)CO.COCCCOc1cc2c(cc1OC)-c1cc(=O)c(C(=O)O)cn1C(C(C)(C)CO)C2.COCCCOc1cc2c(cc1OC)-c1cc(=O)c(C(=O)O)cn1CC2. The van der Waals surface area contributed by atoms with Crippen LogP contribution in [0.4, 0.5) is 0 Å². The van der Waals surface area contributed by atoms with E-state index in [9.17, 15) is 29.4 Å². The molecule has 0 spiro atoms. The summed E-state index contributed by atoms with van der Waals surface area (Å²) >= 11 is 0. The molecule has 1 unspecified atom stereocenters. The molecule has 1 atom stereocenters. The van der Waals surface area contributed by atoms with Gasteiger partial charge in [-0.05, 0) is 54.2 Å². The van der Waals surface area contributed by atoms with Crippen LogP contribution in [-0.4, -0.2) is 110 Å². The van der Waals surface area contributed by atoms with Gasteiger partial charge in [0, 0.05) is 101 Å². The molecule has 338 valence electrons. The second-order valence-corrected chi connectivity index (χ2v) is 16.0. The Bertz CT molecular complexity index is 2290. The van der Waals surface area contributed by atoms with Gasteiger partial charge in [0.15, 0.2) is 33.9 Å². The van der Waals surface area contributed by atoms with Crippen LogP contribution in [0.25, 0.3) is 22.5 Å². The summed E-state index contributed by atoms with van der Waals surface area (Å²) in [6.07, 6.45) is 5.54. The number of hydrogen-bond acceptors (Lipinski definition) is 12. The molecule has 6 rings (SSSR count). The van der Waals surface area contributed by atoms with E-state index in [0.29, 0.717) is 92.7 Å². The third kappa shape index (κ3) is 11.8. The fourth-order valence-electron chi connectivity index (χ4n) is 7.01. The van der Waals surface area contributed by atoms with Crippen molar-refractivity contribution in [2.45, 2.75) is 66.0 Å². The third-order valence-electron chi connectivity index (χ3n) is 10.5. The summed E-state index contributed by atoms with van der Waals surface area (Å²) in [6.45, 7) is 10.8. The number of ether oxygens (including phenoxy) is 6. The van der Waals surface area contributed by atoms with E-state index in [2.05, 4.69) is 0 Å². The van der Waals surface area contributed by atoms with Crippen molar-refractivity contribution in [2.24, 2.45) is 11.3 Å². The number of aromatic carboxylic acids is 2. The topological polar surface area (TPSA) is 214 Å². The van der Waals surface area contributed by atoms with Crippen LogP contribution in [0, 0.1) is 11.3 Å². The van der Waals surface area contributed by atoms with Gasteiger partial charge in [0.05, 0.1) is 45.4 Å². The van der Waals surface area contributed by atoms with E-state index in [-0.39, 0.29) is 23.8 Å². The van der Waals surface area contributed by atoms with Gasteiger partial charge in [0.1, 0.15) is 11.1 Å². The molecule has 4 heterocycles. The minimum absolute atomic E-state index is 0.0997. The lowest BCUT2D eigenvalue weighted by Crippen LogP contribution is -2.36. The van der Waals surface area contributed by atoms with Crippen molar-refractivity contribution in [3.05, 3.63) is 91.5 Å². The molecular weight excluding hydrogens is 805 g/mol. The van der Waals surface area contributed by atoms with E-state index < -0.39 is 28.2 Å². The molecule has 0 bridgehead atoms. The van der Waals surface area contributed by atoms with Crippen LogP contribution < -0.4 is 29.8 Å². The van der Waals surface area contributed by atoms with Crippen LogP contribution in [-0.2, 0) is 28.9 Å². The summed E-state index contributed by atoms with van der Waals surface area (Å²) in [6, 6.07) is 9.95. The number of carboxylic acid groups (broad SMARTS) is 2. The van der Waals surface area contributed by atoms with Gasteiger partial charge in [-0.25, -0.2) is 9.59 Å². The highest BCUT2D eigenvalue weighted by molar-refractivity contribution is 5.88. The third-order valence-corrected chi connectivity index (χ3v) is 10.5. The smallest absolute Gasteiger partial charge is 0.341 e. The Morgan fingerprint density at radius 1 is 0.710 bits per heavy atom. The lowest BCUT2D eigenvalue weighted by molar-refractivity contribution is 0.0682. The Kier molecular flexibility index (Phi) is 17.7. The zero-order valence-corrected chi connectivity index (χ0v) is 36.8.